The van der Waals surface area contributed by atoms with Crippen molar-refractivity contribution in [3.63, 3.8) is 0 Å². The van der Waals surface area contributed by atoms with Crippen molar-refractivity contribution in [1.82, 2.24) is 4.98 Å². The minimum Gasteiger partial charge on any atom is -0.492 e. The Kier molecular flexibility index (Phi) is 6.67. The number of ether oxygens (including phenoxy) is 3. The lowest BCUT2D eigenvalue weighted by Crippen LogP contribution is -2.50. The summed E-state index contributed by atoms with van der Waals surface area (Å²) in [5, 5.41) is 13.2. The van der Waals surface area contributed by atoms with Gasteiger partial charge in [0.1, 0.15) is 11.3 Å². The Morgan fingerprint density at radius 1 is 1.25 bits per heavy atom. The zero-order valence-electron chi connectivity index (χ0n) is 19.1. The standard InChI is InChI=1S/C25H32N2O5/c1-4-31-23-16(2)22(14-26-17(23)3)21-8-5-19(13-18(21)15-32-20-6-7-20)27-25(24(28)29)9-11-30-12-10-25/h5,8,13-14,20,27H,4,6-7,9-12,15H2,1-3H3,(H,28,29). The molecule has 0 unspecified atom stereocenters. The van der Waals surface area contributed by atoms with Gasteiger partial charge in [-0.15, -0.1) is 0 Å². The number of rotatable bonds is 9. The van der Waals surface area contributed by atoms with Gasteiger partial charge in [-0.25, -0.2) is 4.79 Å². The van der Waals surface area contributed by atoms with E-state index in [1.807, 2.05) is 45.2 Å². The number of carbonyl (C=O) groups is 1. The van der Waals surface area contributed by atoms with Crippen LogP contribution in [-0.2, 0) is 20.9 Å². The predicted octanol–water partition coefficient (Wildman–Crippen LogP) is 4.49. The first-order valence-electron chi connectivity index (χ1n) is 11.4. The summed E-state index contributed by atoms with van der Waals surface area (Å²) in [5.74, 6) is -0.0334. The van der Waals surface area contributed by atoms with E-state index >= 15 is 0 Å². The van der Waals surface area contributed by atoms with Gasteiger partial charge in [-0.1, -0.05) is 6.07 Å². The van der Waals surface area contributed by atoms with Crippen LogP contribution >= 0.6 is 0 Å². The van der Waals surface area contributed by atoms with Gasteiger partial charge in [-0.3, -0.25) is 4.98 Å². The number of hydrogen-bond acceptors (Lipinski definition) is 6. The number of benzene rings is 1. The Balaban J connectivity index is 1.70. The predicted molar refractivity (Wildman–Crippen MR) is 122 cm³/mol. The molecule has 1 aromatic heterocycles. The summed E-state index contributed by atoms with van der Waals surface area (Å²) in [4.78, 5) is 16.6. The molecular formula is C25H32N2O5. The summed E-state index contributed by atoms with van der Waals surface area (Å²) >= 11 is 0. The first kappa shape index (κ1) is 22.6. The number of carboxylic acids is 1. The molecule has 2 heterocycles. The van der Waals surface area contributed by atoms with Crippen molar-refractivity contribution in [1.29, 1.82) is 0 Å². The average molecular weight is 441 g/mol. The number of carboxylic acid groups (broad SMARTS) is 1. The van der Waals surface area contributed by atoms with Crippen LogP contribution < -0.4 is 10.1 Å². The van der Waals surface area contributed by atoms with Crippen LogP contribution in [0.25, 0.3) is 11.1 Å². The van der Waals surface area contributed by atoms with E-state index < -0.39 is 11.5 Å². The first-order chi connectivity index (χ1) is 15.4. The molecule has 1 aromatic carbocycles. The normalized spacial score (nSPS) is 17.7. The SMILES string of the molecule is CCOc1c(C)ncc(-c2ccc(NC3(C(=O)O)CCOCC3)cc2COC2CC2)c1C. The van der Waals surface area contributed by atoms with Crippen LogP contribution in [0.2, 0.25) is 0 Å². The topological polar surface area (TPSA) is 89.9 Å². The lowest BCUT2D eigenvalue weighted by molar-refractivity contribution is -0.145. The summed E-state index contributed by atoms with van der Waals surface area (Å²) in [6.45, 7) is 7.88. The number of pyridine rings is 1. The van der Waals surface area contributed by atoms with Crippen molar-refractivity contribution < 1.29 is 24.1 Å². The van der Waals surface area contributed by atoms with E-state index in [9.17, 15) is 9.90 Å². The molecule has 0 spiro atoms. The lowest BCUT2D eigenvalue weighted by Gasteiger charge is -2.35. The Morgan fingerprint density at radius 2 is 2.00 bits per heavy atom. The quantitative estimate of drug-likeness (QED) is 0.594. The van der Waals surface area contributed by atoms with Crippen LogP contribution in [0.3, 0.4) is 0 Å². The third-order valence-electron chi connectivity index (χ3n) is 6.28. The van der Waals surface area contributed by atoms with E-state index in [2.05, 4.69) is 10.3 Å². The fourth-order valence-electron chi connectivity index (χ4n) is 4.22. The zero-order chi connectivity index (χ0) is 22.7. The van der Waals surface area contributed by atoms with Crippen LogP contribution in [0, 0.1) is 13.8 Å². The van der Waals surface area contributed by atoms with Crippen molar-refractivity contribution >= 4 is 11.7 Å². The largest absolute Gasteiger partial charge is 0.492 e. The van der Waals surface area contributed by atoms with Gasteiger partial charge >= 0.3 is 5.97 Å². The van der Waals surface area contributed by atoms with Gasteiger partial charge in [0.15, 0.2) is 0 Å². The van der Waals surface area contributed by atoms with E-state index in [4.69, 9.17) is 14.2 Å². The number of nitrogens with one attached hydrogen (secondary N) is 1. The molecule has 0 atom stereocenters. The summed E-state index contributed by atoms with van der Waals surface area (Å²) in [6, 6.07) is 5.98. The highest BCUT2D eigenvalue weighted by atomic mass is 16.5. The van der Waals surface area contributed by atoms with Gasteiger partial charge in [-0.2, -0.15) is 0 Å². The van der Waals surface area contributed by atoms with Crippen LogP contribution in [0.5, 0.6) is 5.75 Å². The molecule has 172 valence electrons. The van der Waals surface area contributed by atoms with Crippen molar-refractivity contribution in [3.8, 4) is 16.9 Å². The molecule has 1 saturated carbocycles. The molecule has 2 aromatic rings. The van der Waals surface area contributed by atoms with Crippen molar-refractivity contribution in [3.05, 3.63) is 41.2 Å². The molecule has 7 heteroatoms. The molecule has 2 fully saturated rings. The van der Waals surface area contributed by atoms with Crippen molar-refractivity contribution in [2.24, 2.45) is 0 Å². The minimum absolute atomic E-state index is 0.316. The van der Waals surface area contributed by atoms with Crippen molar-refractivity contribution in [2.45, 2.75) is 64.7 Å². The highest BCUT2D eigenvalue weighted by Gasteiger charge is 2.40. The number of aliphatic carboxylic acids is 1. The number of anilines is 1. The molecule has 0 bridgehead atoms. The van der Waals surface area contributed by atoms with Gasteiger partial charge in [0.05, 0.1) is 25.0 Å². The van der Waals surface area contributed by atoms with Crippen LogP contribution in [0.15, 0.2) is 24.4 Å². The van der Waals surface area contributed by atoms with Gasteiger partial charge < -0.3 is 24.6 Å². The molecule has 1 aliphatic carbocycles. The van der Waals surface area contributed by atoms with Gasteiger partial charge in [0.2, 0.25) is 0 Å². The Bertz CT molecular complexity index is 981. The molecule has 2 N–H and O–H groups in total. The summed E-state index contributed by atoms with van der Waals surface area (Å²) in [5.41, 5.74) is 4.69. The Hall–Kier alpha value is -2.64. The maximum atomic E-state index is 12.1. The van der Waals surface area contributed by atoms with Gasteiger partial charge in [-0.05, 0) is 56.9 Å². The maximum absolute atomic E-state index is 12.1. The maximum Gasteiger partial charge on any atom is 0.329 e. The fraction of sp³-hybridized carbons (Fsp3) is 0.520. The Morgan fingerprint density at radius 3 is 2.66 bits per heavy atom. The fourth-order valence-corrected chi connectivity index (χ4v) is 4.22. The van der Waals surface area contributed by atoms with E-state index in [-0.39, 0.29) is 0 Å². The number of nitrogens with zero attached hydrogens (tertiary/aromatic N) is 1. The molecule has 32 heavy (non-hydrogen) atoms. The zero-order valence-corrected chi connectivity index (χ0v) is 19.1. The molecule has 7 nitrogen and oxygen atoms in total. The highest BCUT2D eigenvalue weighted by Crippen LogP contribution is 2.37. The highest BCUT2D eigenvalue weighted by molar-refractivity contribution is 5.83. The first-order valence-corrected chi connectivity index (χ1v) is 11.4. The molecule has 1 saturated heterocycles. The summed E-state index contributed by atoms with van der Waals surface area (Å²) in [7, 11) is 0. The molecule has 0 amide bonds. The molecular weight excluding hydrogens is 408 g/mol. The van der Waals surface area contributed by atoms with E-state index in [1.54, 1.807) is 0 Å². The van der Waals surface area contributed by atoms with Crippen LogP contribution in [0.1, 0.15) is 49.4 Å². The summed E-state index contributed by atoms with van der Waals surface area (Å²) < 4.78 is 17.3. The third-order valence-corrected chi connectivity index (χ3v) is 6.28. The van der Waals surface area contributed by atoms with Crippen molar-refractivity contribution in [2.75, 3.05) is 25.1 Å². The molecule has 2 aliphatic rings. The third kappa shape index (κ3) is 4.74. The molecule has 1 aliphatic heterocycles. The molecule has 0 radical (unpaired) electrons. The monoisotopic (exact) mass is 440 g/mol. The smallest absolute Gasteiger partial charge is 0.329 e. The minimum atomic E-state index is -1.02. The van der Waals surface area contributed by atoms with E-state index in [0.717, 1.165) is 52.2 Å². The second kappa shape index (κ2) is 9.46. The van der Waals surface area contributed by atoms with E-state index in [0.29, 0.717) is 45.4 Å². The van der Waals surface area contributed by atoms with Crippen LogP contribution in [0.4, 0.5) is 5.69 Å². The molecule has 4 rings (SSSR count). The average Bonchev–Trinajstić information content (AvgIpc) is 3.61. The van der Waals surface area contributed by atoms with Crippen LogP contribution in [-0.4, -0.2) is 47.5 Å². The Labute approximate surface area is 189 Å². The van der Waals surface area contributed by atoms with Gasteiger partial charge in [0, 0.05) is 49.1 Å². The number of hydrogen-bond donors (Lipinski definition) is 2. The second-order valence-electron chi connectivity index (χ2n) is 8.65. The number of aromatic nitrogens is 1. The summed E-state index contributed by atoms with van der Waals surface area (Å²) in [6.07, 6.45) is 5.24. The van der Waals surface area contributed by atoms with Gasteiger partial charge in [0.25, 0.3) is 0 Å². The number of aryl methyl sites for hydroxylation is 1. The van der Waals surface area contributed by atoms with E-state index in [1.165, 1.54) is 0 Å². The second-order valence-corrected chi connectivity index (χ2v) is 8.65. The lowest BCUT2D eigenvalue weighted by atomic mass is 9.89.